The van der Waals surface area contributed by atoms with Crippen molar-refractivity contribution < 1.29 is 4.79 Å². The number of carbonyl (C=O) groups is 1. The van der Waals surface area contributed by atoms with Crippen molar-refractivity contribution in [3.05, 3.63) is 58.0 Å². The van der Waals surface area contributed by atoms with Gasteiger partial charge in [0.2, 0.25) is 5.91 Å². The fourth-order valence-electron chi connectivity index (χ4n) is 3.55. The van der Waals surface area contributed by atoms with Crippen molar-refractivity contribution in [3.63, 3.8) is 0 Å². The first-order valence-corrected chi connectivity index (χ1v) is 11.0. The lowest BCUT2D eigenvalue weighted by Gasteiger charge is -2.35. The SMILES string of the molecule is CCC1c2ccsc2CCN1C(=O)CSc1nncn1-c1ccc(C)cc1. The molecule has 0 radical (unpaired) electrons. The lowest BCUT2D eigenvalue weighted by Crippen LogP contribution is -2.40. The van der Waals surface area contributed by atoms with Crippen LogP contribution in [0.25, 0.3) is 5.69 Å². The molecule has 1 aromatic carbocycles. The van der Waals surface area contributed by atoms with Crippen LogP contribution >= 0.6 is 23.1 Å². The van der Waals surface area contributed by atoms with Gasteiger partial charge in [-0.05, 0) is 48.9 Å². The summed E-state index contributed by atoms with van der Waals surface area (Å²) in [4.78, 5) is 16.4. The fraction of sp³-hybridized carbons (Fsp3) is 0.350. The highest BCUT2D eigenvalue weighted by Crippen LogP contribution is 2.35. The molecule has 4 rings (SSSR count). The highest BCUT2D eigenvalue weighted by Gasteiger charge is 2.30. The molecule has 0 N–H and O–H groups in total. The summed E-state index contributed by atoms with van der Waals surface area (Å²) in [5.41, 5.74) is 3.54. The zero-order valence-corrected chi connectivity index (χ0v) is 17.1. The Morgan fingerprint density at radius 1 is 1.30 bits per heavy atom. The largest absolute Gasteiger partial charge is 0.335 e. The normalized spacial score (nSPS) is 16.4. The second-order valence-electron chi connectivity index (χ2n) is 6.67. The maximum Gasteiger partial charge on any atom is 0.233 e. The maximum atomic E-state index is 12.9. The van der Waals surface area contributed by atoms with E-state index in [1.54, 1.807) is 17.7 Å². The summed E-state index contributed by atoms with van der Waals surface area (Å²) in [5, 5.41) is 11.1. The second-order valence-corrected chi connectivity index (χ2v) is 8.61. The van der Waals surface area contributed by atoms with Gasteiger partial charge in [-0.2, -0.15) is 0 Å². The molecule has 1 aliphatic heterocycles. The van der Waals surface area contributed by atoms with E-state index in [-0.39, 0.29) is 11.9 Å². The van der Waals surface area contributed by atoms with Gasteiger partial charge >= 0.3 is 0 Å². The Hall–Kier alpha value is -2.12. The Bertz CT molecular complexity index is 932. The summed E-state index contributed by atoms with van der Waals surface area (Å²) < 4.78 is 1.93. The number of hydrogen-bond acceptors (Lipinski definition) is 5. The predicted molar refractivity (Wildman–Crippen MR) is 110 cm³/mol. The van der Waals surface area contributed by atoms with Crippen LogP contribution in [0.2, 0.25) is 0 Å². The zero-order chi connectivity index (χ0) is 18.8. The molecule has 0 aliphatic carbocycles. The van der Waals surface area contributed by atoms with Crippen molar-refractivity contribution in [1.82, 2.24) is 19.7 Å². The van der Waals surface area contributed by atoms with Gasteiger partial charge in [-0.15, -0.1) is 21.5 Å². The summed E-state index contributed by atoms with van der Waals surface area (Å²) in [6.07, 6.45) is 3.60. The number of carbonyl (C=O) groups excluding carboxylic acids is 1. The van der Waals surface area contributed by atoms with Gasteiger partial charge in [0.15, 0.2) is 5.16 Å². The molecule has 5 nitrogen and oxygen atoms in total. The van der Waals surface area contributed by atoms with E-state index in [2.05, 4.69) is 47.6 Å². The van der Waals surface area contributed by atoms with Crippen molar-refractivity contribution in [2.75, 3.05) is 12.3 Å². The van der Waals surface area contributed by atoms with Gasteiger partial charge in [0.1, 0.15) is 6.33 Å². The zero-order valence-electron chi connectivity index (χ0n) is 15.5. The molecule has 0 saturated carbocycles. The number of thiophene rings is 1. The quantitative estimate of drug-likeness (QED) is 0.603. The number of amides is 1. The van der Waals surface area contributed by atoms with Crippen molar-refractivity contribution in [2.24, 2.45) is 0 Å². The molecule has 140 valence electrons. The summed E-state index contributed by atoms with van der Waals surface area (Å²) in [6, 6.07) is 10.6. The molecule has 0 fully saturated rings. The number of fused-ring (bicyclic) bond motifs is 1. The lowest BCUT2D eigenvalue weighted by molar-refractivity contribution is -0.131. The Morgan fingerprint density at radius 2 is 2.11 bits per heavy atom. The van der Waals surface area contributed by atoms with Gasteiger partial charge in [0.25, 0.3) is 0 Å². The molecule has 1 aliphatic rings. The number of aromatic nitrogens is 3. The van der Waals surface area contributed by atoms with Crippen molar-refractivity contribution >= 4 is 29.0 Å². The maximum absolute atomic E-state index is 12.9. The molecule has 0 spiro atoms. The summed E-state index contributed by atoms with van der Waals surface area (Å²) in [6.45, 7) is 5.01. The molecular weight excluding hydrogens is 376 g/mol. The minimum Gasteiger partial charge on any atom is -0.335 e. The van der Waals surface area contributed by atoms with Crippen LogP contribution in [0.5, 0.6) is 0 Å². The first kappa shape index (κ1) is 18.3. The lowest BCUT2D eigenvalue weighted by atomic mass is 9.98. The molecule has 0 saturated heterocycles. The summed E-state index contributed by atoms with van der Waals surface area (Å²) >= 11 is 3.26. The molecule has 2 aromatic heterocycles. The van der Waals surface area contributed by atoms with Crippen LogP contribution < -0.4 is 0 Å². The number of rotatable bonds is 5. The number of aryl methyl sites for hydroxylation is 1. The molecule has 1 atom stereocenters. The van der Waals surface area contributed by atoms with Gasteiger partial charge in [0, 0.05) is 17.1 Å². The van der Waals surface area contributed by atoms with Crippen LogP contribution in [0.15, 0.2) is 47.2 Å². The van der Waals surface area contributed by atoms with Gasteiger partial charge in [-0.25, -0.2) is 0 Å². The van der Waals surface area contributed by atoms with E-state index >= 15 is 0 Å². The van der Waals surface area contributed by atoms with Crippen molar-refractivity contribution in [1.29, 1.82) is 0 Å². The molecule has 1 unspecified atom stereocenters. The Balaban J connectivity index is 1.46. The minimum atomic E-state index is 0.169. The topological polar surface area (TPSA) is 51.0 Å². The first-order chi connectivity index (χ1) is 13.2. The number of nitrogens with zero attached hydrogens (tertiary/aromatic N) is 4. The van der Waals surface area contributed by atoms with E-state index in [0.717, 1.165) is 30.2 Å². The van der Waals surface area contributed by atoms with Crippen molar-refractivity contribution in [2.45, 2.75) is 37.9 Å². The Morgan fingerprint density at radius 3 is 2.89 bits per heavy atom. The van der Waals surface area contributed by atoms with E-state index in [9.17, 15) is 4.79 Å². The van der Waals surface area contributed by atoms with E-state index in [1.807, 2.05) is 21.6 Å². The van der Waals surface area contributed by atoms with Crippen LogP contribution in [-0.2, 0) is 11.2 Å². The molecule has 1 amide bonds. The van der Waals surface area contributed by atoms with Crippen LogP contribution in [0.4, 0.5) is 0 Å². The second kappa shape index (κ2) is 7.86. The number of thioether (sulfide) groups is 1. The van der Waals surface area contributed by atoms with Crippen molar-refractivity contribution in [3.8, 4) is 5.69 Å². The molecule has 3 aromatic rings. The van der Waals surface area contributed by atoms with Gasteiger partial charge in [-0.1, -0.05) is 36.4 Å². The van der Waals surface area contributed by atoms with Gasteiger partial charge in [-0.3, -0.25) is 9.36 Å². The van der Waals surface area contributed by atoms with Crippen LogP contribution in [0.3, 0.4) is 0 Å². The smallest absolute Gasteiger partial charge is 0.233 e. The van der Waals surface area contributed by atoms with Crippen LogP contribution in [0, 0.1) is 6.92 Å². The van der Waals surface area contributed by atoms with Gasteiger partial charge < -0.3 is 4.90 Å². The van der Waals surface area contributed by atoms with E-state index < -0.39 is 0 Å². The van der Waals surface area contributed by atoms with Gasteiger partial charge in [0.05, 0.1) is 11.8 Å². The molecule has 7 heteroatoms. The Kier molecular flexibility index (Phi) is 5.31. The third-order valence-electron chi connectivity index (χ3n) is 4.96. The average molecular weight is 399 g/mol. The van der Waals surface area contributed by atoms with Crippen LogP contribution in [0.1, 0.15) is 35.4 Å². The number of hydrogen-bond donors (Lipinski definition) is 0. The molecule has 0 bridgehead atoms. The van der Waals surface area contributed by atoms with Crippen LogP contribution in [-0.4, -0.2) is 37.9 Å². The summed E-state index contributed by atoms with van der Waals surface area (Å²) in [7, 11) is 0. The van der Waals surface area contributed by atoms with E-state index in [4.69, 9.17) is 0 Å². The molecular formula is C20H22N4OS2. The third-order valence-corrected chi connectivity index (χ3v) is 6.88. The predicted octanol–water partition coefficient (Wildman–Crippen LogP) is 4.27. The molecule has 27 heavy (non-hydrogen) atoms. The summed E-state index contributed by atoms with van der Waals surface area (Å²) in [5.74, 6) is 0.544. The average Bonchev–Trinajstić information content (AvgIpc) is 3.35. The van der Waals surface area contributed by atoms with E-state index in [0.29, 0.717) is 5.75 Å². The third kappa shape index (κ3) is 3.66. The van der Waals surface area contributed by atoms with E-state index in [1.165, 1.54) is 27.8 Å². The number of benzene rings is 1. The first-order valence-electron chi connectivity index (χ1n) is 9.13. The minimum absolute atomic E-state index is 0.169. The highest BCUT2D eigenvalue weighted by atomic mass is 32.2. The Labute approximate surface area is 167 Å². The monoisotopic (exact) mass is 398 g/mol. The standard InChI is InChI=1S/C20H22N4OS2/c1-3-17-16-9-11-26-18(16)8-10-23(17)19(25)12-27-20-22-21-13-24(20)15-6-4-14(2)5-7-15/h4-7,9,11,13,17H,3,8,10,12H2,1-2H3. The fourth-order valence-corrected chi connectivity index (χ4v) is 5.29. The molecule has 3 heterocycles. The highest BCUT2D eigenvalue weighted by molar-refractivity contribution is 7.99.